The topological polar surface area (TPSA) is 124 Å². The molecular formula is C15H23N3O6S. The summed E-state index contributed by atoms with van der Waals surface area (Å²) in [5, 5.41) is 2.52. The molecule has 1 aromatic rings. The van der Waals surface area contributed by atoms with Crippen LogP contribution in [0.4, 0.5) is 4.79 Å². The summed E-state index contributed by atoms with van der Waals surface area (Å²) in [6.45, 7) is 5.52. The number of carbonyl (C=O) groups excluding carboxylic acids is 2. The van der Waals surface area contributed by atoms with Gasteiger partial charge < -0.3 is 14.8 Å². The third kappa shape index (κ3) is 7.06. The van der Waals surface area contributed by atoms with E-state index in [4.69, 9.17) is 4.74 Å². The first-order valence-electron chi connectivity index (χ1n) is 7.55. The molecule has 0 saturated heterocycles. The number of methoxy groups -OCH3 is 1. The molecule has 1 aromatic heterocycles. The number of aromatic nitrogens is 1. The van der Waals surface area contributed by atoms with Crippen molar-refractivity contribution in [1.29, 1.82) is 0 Å². The minimum Gasteiger partial charge on any atom is -0.465 e. The van der Waals surface area contributed by atoms with E-state index < -0.39 is 27.7 Å². The Hall–Kier alpha value is -2.20. The van der Waals surface area contributed by atoms with Gasteiger partial charge in [0.25, 0.3) is 0 Å². The zero-order valence-corrected chi connectivity index (χ0v) is 15.5. The fourth-order valence-electron chi connectivity index (χ4n) is 1.75. The number of sulfonamides is 1. The number of alkyl carbamates (subject to hydrolysis) is 1. The summed E-state index contributed by atoms with van der Waals surface area (Å²) in [4.78, 5) is 26.6. The highest BCUT2D eigenvalue weighted by Crippen LogP contribution is 2.14. The molecule has 10 heteroatoms. The predicted molar refractivity (Wildman–Crippen MR) is 89.6 cm³/mol. The second-order valence-corrected chi connectivity index (χ2v) is 7.78. The van der Waals surface area contributed by atoms with Crippen molar-refractivity contribution in [2.45, 2.75) is 37.7 Å². The number of pyridine rings is 1. The van der Waals surface area contributed by atoms with Gasteiger partial charge in [-0.05, 0) is 33.3 Å². The Morgan fingerprint density at radius 2 is 1.92 bits per heavy atom. The van der Waals surface area contributed by atoms with Crippen LogP contribution in [0.1, 0.15) is 37.6 Å². The van der Waals surface area contributed by atoms with Gasteiger partial charge in [-0.2, -0.15) is 0 Å². The Kier molecular flexibility index (Phi) is 7.31. The quantitative estimate of drug-likeness (QED) is 0.541. The zero-order chi connectivity index (χ0) is 19.1. The maximum Gasteiger partial charge on any atom is 0.407 e. The Balaban J connectivity index is 2.55. The summed E-state index contributed by atoms with van der Waals surface area (Å²) in [5.41, 5.74) is -0.701. The number of ether oxygens (including phenoxy) is 2. The van der Waals surface area contributed by atoms with Crippen molar-refractivity contribution in [3.63, 3.8) is 0 Å². The molecule has 25 heavy (non-hydrogen) atoms. The van der Waals surface area contributed by atoms with Crippen LogP contribution in [0.3, 0.4) is 0 Å². The molecule has 0 aliphatic heterocycles. The summed E-state index contributed by atoms with van der Waals surface area (Å²) >= 11 is 0. The fourth-order valence-corrected chi connectivity index (χ4v) is 2.96. The number of hydrogen-bond donors (Lipinski definition) is 2. The van der Waals surface area contributed by atoms with Crippen LogP contribution in [0.15, 0.2) is 23.4 Å². The molecular weight excluding hydrogens is 350 g/mol. The van der Waals surface area contributed by atoms with Crippen molar-refractivity contribution in [2.75, 3.05) is 20.2 Å². The van der Waals surface area contributed by atoms with E-state index in [0.29, 0.717) is 6.42 Å². The van der Waals surface area contributed by atoms with Crippen molar-refractivity contribution in [1.82, 2.24) is 15.0 Å². The van der Waals surface area contributed by atoms with Gasteiger partial charge in [-0.3, -0.25) is 4.98 Å². The Morgan fingerprint density at radius 1 is 1.24 bits per heavy atom. The van der Waals surface area contributed by atoms with Crippen LogP contribution >= 0.6 is 0 Å². The summed E-state index contributed by atoms with van der Waals surface area (Å²) in [6.07, 6.45) is 2.14. The second kappa shape index (κ2) is 8.77. The number of rotatable bonds is 7. The van der Waals surface area contributed by atoms with Crippen molar-refractivity contribution in [2.24, 2.45) is 0 Å². The Labute approximate surface area is 147 Å². The first kappa shape index (κ1) is 20.8. The molecule has 1 heterocycles. The Bertz CT molecular complexity index is 712. The molecule has 0 aliphatic carbocycles. The van der Waals surface area contributed by atoms with E-state index in [1.54, 1.807) is 20.8 Å². The number of nitrogens with one attached hydrogen (secondary N) is 2. The van der Waals surface area contributed by atoms with E-state index in [9.17, 15) is 18.0 Å². The van der Waals surface area contributed by atoms with Gasteiger partial charge in [-0.15, -0.1) is 0 Å². The molecule has 1 amide bonds. The van der Waals surface area contributed by atoms with Crippen LogP contribution in [0.25, 0.3) is 0 Å². The average Bonchev–Trinajstić information content (AvgIpc) is 2.52. The van der Waals surface area contributed by atoms with Gasteiger partial charge in [0.15, 0.2) is 0 Å². The molecule has 2 N–H and O–H groups in total. The first-order valence-corrected chi connectivity index (χ1v) is 9.04. The summed E-state index contributed by atoms with van der Waals surface area (Å²) < 4.78 is 36.5. The van der Waals surface area contributed by atoms with Crippen molar-refractivity contribution < 1.29 is 27.5 Å². The van der Waals surface area contributed by atoms with E-state index in [1.165, 1.54) is 12.3 Å². The highest BCUT2D eigenvalue weighted by Gasteiger charge is 2.23. The normalized spacial score (nSPS) is 11.7. The molecule has 0 fully saturated rings. The molecule has 0 atom stereocenters. The molecule has 0 spiro atoms. The third-order valence-corrected chi connectivity index (χ3v) is 4.28. The molecule has 0 aromatic carbocycles. The van der Waals surface area contributed by atoms with Crippen LogP contribution in [0.5, 0.6) is 0 Å². The van der Waals surface area contributed by atoms with E-state index in [1.807, 2.05) is 0 Å². The van der Waals surface area contributed by atoms with Crippen molar-refractivity contribution in [3.05, 3.63) is 24.0 Å². The van der Waals surface area contributed by atoms with Gasteiger partial charge in [-0.1, -0.05) is 0 Å². The number of carbonyl (C=O) groups is 2. The predicted octanol–water partition coefficient (Wildman–Crippen LogP) is 1.06. The average molecular weight is 373 g/mol. The van der Waals surface area contributed by atoms with Crippen LogP contribution < -0.4 is 10.0 Å². The summed E-state index contributed by atoms with van der Waals surface area (Å²) in [5.74, 6) is -0.769. The third-order valence-electron chi connectivity index (χ3n) is 2.79. The van der Waals surface area contributed by atoms with E-state index in [-0.39, 0.29) is 23.5 Å². The SMILES string of the molecule is COC(=O)c1ccncc1S(=O)(=O)NCCCNC(=O)OC(C)(C)C. The molecule has 0 saturated carbocycles. The number of amides is 1. The zero-order valence-electron chi connectivity index (χ0n) is 14.7. The van der Waals surface area contributed by atoms with Gasteiger partial charge in [0.05, 0.1) is 12.7 Å². The molecule has 0 bridgehead atoms. The molecule has 9 nitrogen and oxygen atoms in total. The van der Waals surface area contributed by atoms with Gasteiger partial charge >= 0.3 is 12.1 Å². The van der Waals surface area contributed by atoms with E-state index in [0.717, 1.165) is 13.3 Å². The monoisotopic (exact) mass is 373 g/mol. The lowest BCUT2D eigenvalue weighted by atomic mass is 10.2. The van der Waals surface area contributed by atoms with Gasteiger partial charge in [0, 0.05) is 25.5 Å². The highest BCUT2D eigenvalue weighted by atomic mass is 32.2. The largest absolute Gasteiger partial charge is 0.465 e. The van der Waals surface area contributed by atoms with Gasteiger partial charge in [-0.25, -0.2) is 22.7 Å². The fraction of sp³-hybridized carbons (Fsp3) is 0.533. The number of nitrogens with zero attached hydrogens (tertiary/aromatic N) is 1. The van der Waals surface area contributed by atoms with Crippen molar-refractivity contribution in [3.8, 4) is 0 Å². The lowest BCUT2D eigenvalue weighted by Crippen LogP contribution is -2.34. The van der Waals surface area contributed by atoms with Crippen LogP contribution in [0.2, 0.25) is 0 Å². The van der Waals surface area contributed by atoms with E-state index in [2.05, 4.69) is 19.8 Å². The van der Waals surface area contributed by atoms with Crippen LogP contribution in [-0.2, 0) is 19.5 Å². The lowest BCUT2D eigenvalue weighted by molar-refractivity contribution is 0.0526. The molecule has 140 valence electrons. The first-order chi connectivity index (χ1) is 11.6. The van der Waals surface area contributed by atoms with Crippen LogP contribution in [0, 0.1) is 0 Å². The van der Waals surface area contributed by atoms with E-state index >= 15 is 0 Å². The molecule has 0 unspecified atom stereocenters. The number of hydrogen-bond acceptors (Lipinski definition) is 7. The summed E-state index contributed by atoms with van der Waals surface area (Å²) in [6, 6.07) is 1.27. The smallest absolute Gasteiger partial charge is 0.407 e. The number of esters is 1. The van der Waals surface area contributed by atoms with Crippen molar-refractivity contribution >= 4 is 22.1 Å². The van der Waals surface area contributed by atoms with Gasteiger partial charge in [0.2, 0.25) is 10.0 Å². The minimum absolute atomic E-state index is 0.0631. The lowest BCUT2D eigenvalue weighted by Gasteiger charge is -2.19. The molecule has 0 aliphatic rings. The molecule has 0 radical (unpaired) electrons. The summed E-state index contributed by atoms with van der Waals surface area (Å²) in [7, 11) is -2.77. The standard InChI is InChI=1S/C15H23N3O6S/c1-15(2,3)24-14(20)17-7-5-8-18-25(21,22)12-10-16-9-6-11(12)13(19)23-4/h6,9-10,18H,5,7-8H2,1-4H3,(H,17,20). The maximum atomic E-state index is 12.3. The minimum atomic E-state index is -3.93. The Morgan fingerprint density at radius 3 is 2.52 bits per heavy atom. The second-order valence-electron chi connectivity index (χ2n) is 6.04. The molecule has 1 rings (SSSR count). The van der Waals surface area contributed by atoms with Crippen LogP contribution in [-0.4, -0.2) is 51.3 Å². The highest BCUT2D eigenvalue weighted by molar-refractivity contribution is 7.89. The maximum absolute atomic E-state index is 12.3. The van der Waals surface area contributed by atoms with Gasteiger partial charge in [0.1, 0.15) is 10.5 Å².